The average Bonchev–Trinajstić information content (AvgIpc) is 3.00. The number of likely N-dealkylation sites (N-methyl/N-ethyl adjacent to an activating group) is 1. The Morgan fingerprint density at radius 1 is 1.50 bits per heavy atom. The number of aromatic nitrogens is 3. The molecule has 0 saturated carbocycles. The van der Waals surface area contributed by atoms with E-state index in [1.165, 1.54) is 17.0 Å². The number of fused-ring (bicyclic) bond motifs is 1. The molecule has 5 nitrogen and oxygen atoms in total. The Hall–Kier alpha value is -1.69. The minimum atomic E-state index is 0.0298. The molecule has 2 aromatic rings. The Kier molecular flexibility index (Phi) is 4.04. The molecule has 0 fully saturated rings. The fraction of sp³-hybridized carbons (Fsp3) is 0.562. The number of nitrogens with zero attached hydrogens (tertiary/aromatic N) is 4. The minimum absolute atomic E-state index is 0.0298. The molecule has 1 aliphatic rings. The zero-order chi connectivity index (χ0) is 15.9. The minimum Gasteiger partial charge on any atom is -0.340 e. The lowest BCUT2D eigenvalue weighted by atomic mass is 9.90. The standard InChI is InChI=1S/C16H22N4OS/c1-10-8-13(20(4)18-10)16(21)19(3)9-12-6-5-7-14-15(12)17-11(2)22-14/h8,12H,5-7,9H2,1-4H3. The van der Waals surface area contributed by atoms with E-state index in [4.69, 9.17) is 4.98 Å². The fourth-order valence-electron chi connectivity index (χ4n) is 3.23. The van der Waals surface area contributed by atoms with Gasteiger partial charge in [-0.25, -0.2) is 4.98 Å². The number of carbonyl (C=O) groups excluding carboxylic acids is 1. The van der Waals surface area contributed by atoms with Crippen LogP contribution in [0.5, 0.6) is 0 Å². The van der Waals surface area contributed by atoms with Crippen molar-refractivity contribution in [2.45, 2.75) is 39.0 Å². The van der Waals surface area contributed by atoms with E-state index in [1.54, 1.807) is 16.0 Å². The maximum absolute atomic E-state index is 12.6. The third kappa shape index (κ3) is 2.79. The summed E-state index contributed by atoms with van der Waals surface area (Å²) in [6.07, 6.45) is 3.43. The number of amides is 1. The molecule has 22 heavy (non-hydrogen) atoms. The van der Waals surface area contributed by atoms with Crippen molar-refractivity contribution >= 4 is 17.2 Å². The molecule has 0 saturated heterocycles. The highest BCUT2D eigenvalue weighted by Gasteiger charge is 2.27. The second-order valence-electron chi connectivity index (χ2n) is 6.11. The average molecular weight is 318 g/mol. The summed E-state index contributed by atoms with van der Waals surface area (Å²) in [6, 6.07) is 1.85. The van der Waals surface area contributed by atoms with E-state index in [-0.39, 0.29) is 5.91 Å². The van der Waals surface area contributed by atoms with Gasteiger partial charge in [0.25, 0.3) is 5.91 Å². The normalized spacial score (nSPS) is 17.4. The van der Waals surface area contributed by atoms with E-state index in [2.05, 4.69) is 12.0 Å². The van der Waals surface area contributed by atoms with Gasteiger partial charge in [-0.3, -0.25) is 9.48 Å². The highest BCUT2D eigenvalue weighted by Crippen LogP contribution is 2.35. The predicted octanol–water partition coefficient (Wildman–Crippen LogP) is 2.69. The number of hydrogen-bond acceptors (Lipinski definition) is 4. The SMILES string of the molecule is Cc1cc(C(=O)N(C)CC2CCCc3sc(C)nc32)n(C)n1. The molecule has 0 bridgehead atoms. The van der Waals surface area contributed by atoms with Gasteiger partial charge in [0, 0.05) is 31.4 Å². The van der Waals surface area contributed by atoms with Crippen molar-refractivity contribution in [1.82, 2.24) is 19.7 Å². The summed E-state index contributed by atoms with van der Waals surface area (Å²) in [4.78, 5) is 20.5. The first kappa shape index (κ1) is 15.2. The first-order valence-corrected chi connectivity index (χ1v) is 8.49. The molecule has 1 aliphatic carbocycles. The van der Waals surface area contributed by atoms with Crippen LogP contribution < -0.4 is 0 Å². The summed E-state index contributed by atoms with van der Waals surface area (Å²) >= 11 is 1.80. The molecule has 3 rings (SSSR count). The molecule has 0 aliphatic heterocycles. The number of carbonyl (C=O) groups is 1. The molecule has 2 aromatic heterocycles. The van der Waals surface area contributed by atoms with E-state index in [0.29, 0.717) is 11.6 Å². The zero-order valence-corrected chi connectivity index (χ0v) is 14.4. The zero-order valence-electron chi connectivity index (χ0n) is 13.6. The number of aryl methyl sites for hydroxylation is 4. The van der Waals surface area contributed by atoms with Crippen LogP contribution in [0.15, 0.2) is 6.07 Å². The topological polar surface area (TPSA) is 51.0 Å². The summed E-state index contributed by atoms with van der Waals surface area (Å²) < 4.78 is 1.66. The third-order valence-electron chi connectivity index (χ3n) is 4.24. The largest absolute Gasteiger partial charge is 0.340 e. The van der Waals surface area contributed by atoms with Gasteiger partial charge in [0.2, 0.25) is 0 Å². The third-order valence-corrected chi connectivity index (χ3v) is 5.29. The molecule has 0 N–H and O–H groups in total. The summed E-state index contributed by atoms with van der Waals surface area (Å²) in [5.41, 5.74) is 2.73. The van der Waals surface area contributed by atoms with Crippen LogP contribution in [0.2, 0.25) is 0 Å². The summed E-state index contributed by atoms with van der Waals surface area (Å²) in [6.45, 7) is 4.69. The number of rotatable bonds is 3. The maximum Gasteiger partial charge on any atom is 0.271 e. The van der Waals surface area contributed by atoms with Crippen LogP contribution in [-0.4, -0.2) is 39.2 Å². The van der Waals surface area contributed by atoms with Crippen molar-refractivity contribution in [3.8, 4) is 0 Å². The molecule has 118 valence electrons. The van der Waals surface area contributed by atoms with Gasteiger partial charge in [-0.1, -0.05) is 0 Å². The number of thiazole rings is 1. The van der Waals surface area contributed by atoms with Crippen LogP contribution in [-0.2, 0) is 13.5 Å². The molecule has 1 atom stereocenters. The van der Waals surface area contributed by atoms with Crippen LogP contribution >= 0.6 is 11.3 Å². The lowest BCUT2D eigenvalue weighted by molar-refractivity contribution is 0.0772. The Bertz CT molecular complexity index is 703. The van der Waals surface area contributed by atoms with E-state index >= 15 is 0 Å². The molecule has 0 aromatic carbocycles. The lowest BCUT2D eigenvalue weighted by Gasteiger charge is -2.26. The molecule has 6 heteroatoms. The molecule has 0 radical (unpaired) electrons. The quantitative estimate of drug-likeness (QED) is 0.874. The molecular formula is C16H22N4OS. The highest BCUT2D eigenvalue weighted by molar-refractivity contribution is 7.11. The first-order chi connectivity index (χ1) is 10.5. The first-order valence-electron chi connectivity index (χ1n) is 7.68. The number of hydrogen-bond donors (Lipinski definition) is 0. The van der Waals surface area contributed by atoms with Crippen molar-refractivity contribution < 1.29 is 4.79 Å². The summed E-state index contributed by atoms with van der Waals surface area (Å²) in [7, 11) is 3.69. The van der Waals surface area contributed by atoms with Crippen molar-refractivity contribution in [2.24, 2.45) is 7.05 Å². The van der Waals surface area contributed by atoms with Gasteiger partial charge < -0.3 is 4.90 Å². The summed E-state index contributed by atoms with van der Waals surface area (Å²) in [5, 5.41) is 5.39. The molecular weight excluding hydrogens is 296 g/mol. The summed E-state index contributed by atoms with van der Waals surface area (Å²) in [5.74, 6) is 0.388. The van der Waals surface area contributed by atoms with E-state index in [1.807, 2.05) is 32.0 Å². The van der Waals surface area contributed by atoms with E-state index in [0.717, 1.165) is 30.1 Å². The fourth-order valence-corrected chi connectivity index (χ4v) is 4.29. The van der Waals surface area contributed by atoms with Crippen LogP contribution in [0.1, 0.15) is 50.5 Å². The van der Waals surface area contributed by atoms with Crippen LogP contribution in [0.25, 0.3) is 0 Å². The second kappa shape index (κ2) is 5.83. The Labute approximate surface area is 135 Å². The van der Waals surface area contributed by atoms with E-state index in [9.17, 15) is 4.79 Å². The Morgan fingerprint density at radius 2 is 2.27 bits per heavy atom. The van der Waals surface area contributed by atoms with Gasteiger partial charge in [-0.05, 0) is 39.2 Å². The Balaban J connectivity index is 1.76. The predicted molar refractivity (Wildman–Crippen MR) is 87.4 cm³/mol. The molecule has 1 amide bonds. The molecule has 0 spiro atoms. The van der Waals surface area contributed by atoms with Crippen molar-refractivity contribution in [2.75, 3.05) is 13.6 Å². The second-order valence-corrected chi connectivity index (χ2v) is 7.40. The van der Waals surface area contributed by atoms with Crippen LogP contribution in [0.4, 0.5) is 0 Å². The lowest BCUT2D eigenvalue weighted by Crippen LogP contribution is -2.33. The smallest absolute Gasteiger partial charge is 0.271 e. The highest BCUT2D eigenvalue weighted by atomic mass is 32.1. The Morgan fingerprint density at radius 3 is 2.95 bits per heavy atom. The molecule has 1 unspecified atom stereocenters. The van der Waals surface area contributed by atoms with Gasteiger partial charge in [0.1, 0.15) is 5.69 Å². The monoisotopic (exact) mass is 318 g/mol. The van der Waals surface area contributed by atoms with Crippen molar-refractivity contribution in [1.29, 1.82) is 0 Å². The molecule has 2 heterocycles. The van der Waals surface area contributed by atoms with Crippen LogP contribution in [0, 0.1) is 13.8 Å². The van der Waals surface area contributed by atoms with E-state index < -0.39 is 0 Å². The maximum atomic E-state index is 12.6. The van der Waals surface area contributed by atoms with Gasteiger partial charge in [-0.15, -0.1) is 11.3 Å². The van der Waals surface area contributed by atoms with Gasteiger partial charge in [0.05, 0.1) is 16.4 Å². The van der Waals surface area contributed by atoms with Crippen molar-refractivity contribution in [3.63, 3.8) is 0 Å². The van der Waals surface area contributed by atoms with Crippen LogP contribution in [0.3, 0.4) is 0 Å². The van der Waals surface area contributed by atoms with Gasteiger partial charge in [-0.2, -0.15) is 5.10 Å². The van der Waals surface area contributed by atoms with Crippen molar-refractivity contribution in [3.05, 3.63) is 33.0 Å². The van der Waals surface area contributed by atoms with Gasteiger partial charge >= 0.3 is 0 Å². The van der Waals surface area contributed by atoms with Gasteiger partial charge in [0.15, 0.2) is 0 Å².